The van der Waals surface area contributed by atoms with Gasteiger partial charge in [0.05, 0.1) is 12.1 Å². The summed E-state index contributed by atoms with van der Waals surface area (Å²) in [5.41, 5.74) is 0.278. The Bertz CT molecular complexity index is 574. The molecule has 0 fully saturated rings. The lowest BCUT2D eigenvalue weighted by atomic mass is 10.2. The van der Waals surface area contributed by atoms with Gasteiger partial charge in [-0.2, -0.15) is 0 Å². The third kappa shape index (κ3) is 3.43. The molecule has 2 aromatic heterocycles. The number of amides is 1. The van der Waals surface area contributed by atoms with Crippen molar-refractivity contribution in [3.63, 3.8) is 0 Å². The molecule has 19 heavy (non-hydrogen) atoms. The lowest BCUT2D eigenvalue weighted by molar-refractivity contribution is 0.0753. The van der Waals surface area contributed by atoms with Gasteiger partial charge >= 0.3 is 0 Å². The van der Waals surface area contributed by atoms with Crippen LogP contribution in [0.5, 0.6) is 0 Å². The van der Waals surface area contributed by atoms with Crippen molar-refractivity contribution < 1.29 is 4.79 Å². The van der Waals surface area contributed by atoms with Gasteiger partial charge in [0.25, 0.3) is 5.91 Å². The Morgan fingerprint density at radius 1 is 1.42 bits per heavy atom. The Hall–Kier alpha value is -1.17. The van der Waals surface area contributed by atoms with Crippen LogP contribution in [0.1, 0.15) is 22.2 Å². The van der Waals surface area contributed by atoms with Crippen LogP contribution >= 0.6 is 34.5 Å². The Morgan fingerprint density at radius 2 is 2.21 bits per heavy atom. The molecule has 0 N–H and O–H groups in total. The molecule has 0 spiro atoms. The van der Waals surface area contributed by atoms with Gasteiger partial charge < -0.3 is 4.90 Å². The first-order valence-electron chi connectivity index (χ1n) is 5.62. The number of hydrogen-bond acceptors (Lipinski definition) is 4. The van der Waals surface area contributed by atoms with E-state index >= 15 is 0 Å². The lowest BCUT2D eigenvalue weighted by Crippen LogP contribution is -2.30. The lowest BCUT2D eigenvalue weighted by Gasteiger charge is -2.20. The van der Waals surface area contributed by atoms with E-state index in [9.17, 15) is 4.79 Å². The highest BCUT2D eigenvalue weighted by molar-refractivity contribution is 7.09. The first kappa shape index (κ1) is 14.2. The summed E-state index contributed by atoms with van der Waals surface area (Å²) in [7, 11) is 0. The highest BCUT2D eigenvalue weighted by atomic mass is 35.5. The summed E-state index contributed by atoms with van der Waals surface area (Å²) in [5, 5.41) is 9.45. The quantitative estimate of drug-likeness (QED) is 0.867. The molecule has 0 aliphatic heterocycles. The molecule has 0 aromatic carbocycles. The molecule has 0 radical (unpaired) electrons. The van der Waals surface area contributed by atoms with Gasteiger partial charge in [-0.15, -0.1) is 21.5 Å². The molecular weight excluding hydrogens is 305 g/mol. The van der Waals surface area contributed by atoms with E-state index in [1.165, 1.54) is 6.07 Å². The fourth-order valence-electron chi connectivity index (χ4n) is 1.59. The Balaban J connectivity index is 2.23. The van der Waals surface area contributed by atoms with Crippen molar-refractivity contribution in [3.8, 4) is 0 Å². The van der Waals surface area contributed by atoms with E-state index in [1.807, 2.05) is 24.4 Å². The number of nitrogens with zero attached hydrogens (tertiary/aromatic N) is 3. The molecule has 2 aromatic rings. The maximum absolute atomic E-state index is 12.4. The minimum Gasteiger partial charge on any atom is -0.334 e. The highest BCUT2D eigenvalue weighted by Crippen LogP contribution is 2.19. The standard InChI is InChI=1S/C12H11Cl2N3OS/c1-2-17(7-8-4-3-5-19-8)12(18)9-6-10(13)15-16-11(9)14/h3-6H,2,7H2,1H3. The van der Waals surface area contributed by atoms with E-state index in [0.717, 1.165) is 4.88 Å². The van der Waals surface area contributed by atoms with Crippen molar-refractivity contribution in [3.05, 3.63) is 44.3 Å². The van der Waals surface area contributed by atoms with Crippen molar-refractivity contribution in [1.29, 1.82) is 0 Å². The van der Waals surface area contributed by atoms with E-state index < -0.39 is 0 Å². The number of aromatic nitrogens is 2. The molecule has 7 heteroatoms. The molecule has 2 heterocycles. The van der Waals surface area contributed by atoms with Crippen LogP contribution in [-0.2, 0) is 6.54 Å². The molecule has 0 atom stereocenters. The molecule has 4 nitrogen and oxygen atoms in total. The van der Waals surface area contributed by atoms with E-state index in [4.69, 9.17) is 23.2 Å². The van der Waals surface area contributed by atoms with Gasteiger partial charge in [-0.05, 0) is 24.4 Å². The Labute approximate surface area is 125 Å². The molecule has 0 aliphatic rings. The number of hydrogen-bond donors (Lipinski definition) is 0. The van der Waals surface area contributed by atoms with Crippen molar-refractivity contribution >= 4 is 40.4 Å². The van der Waals surface area contributed by atoms with Crippen molar-refractivity contribution in [2.24, 2.45) is 0 Å². The topological polar surface area (TPSA) is 46.1 Å². The molecular formula is C12H11Cl2N3OS. The van der Waals surface area contributed by atoms with Crippen LogP contribution in [-0.4, -0.2) is 27.5 Å². The van der Waals surface area contributed by atoms with Crippen LogP contribution in [0.3, 0.4) is 0 Å². The van der Waals surface area contributed by atoms with Crippen LogP contribution in [0.15, 0.2) is 23.6 Å². The molecule has 2 rings (SSSR count). The van der Waals surface area contributed by atoms with Crippen LogP contribution < -0.4 is 0 Å². The largest absolute Gasteiger partial charge is 0.334 e. The fraction of sp³-hybridized carbons (Fsp3) is 0.250. The van der Waals surface area contributed by atoms with Crippen LogP contribution in [0, 0.1) is 0 Å². The average Bonchev–Trinajstić information content (AvgIpc) is 2.91. The molecule has 0 saturated carbocycles. The Morgan fingerprint density at radius 3 is 2.84 bits per heavy atom. The van der Waals surface area contributed by atoms with E-state index in [1.54, 1.807) is 16.2 Å². The van der Waals surface area contributed by atoms with Crippen LogP contribution in [0.4, 0.5) is 0 Å². The van der Waals surface area contributed by atoms with Gasteiger partial charge in [-0.1, -0.05) is 29.3 Å². The Kier molecular flexibility index (Phi) is 4.74. The molecule has 1 amide bonds. The predicted molar refractivity (Wildman–Crippen MR) is 76.8 cm³/mol. The number of carbonyl (C=O) groups excluding carboxylic acids is 1. The number of rotatable bonds is 4. The third-order valence-corrected chi connectivity index (χ3v) is 3.87. The molecule has 0 bridgehead atoms. The maximum atomic E-state index is 12.4. The van der Waals surface area contributed by atoms with Gasteiger partial charge in [-0.3, -0.25) is 4.79 Å². The zero-order valence-corrected chi connectivity index (χ0v) is 12.5. The minimum absolute atomic E-state index is 0.0685. The summed E-state index contributed by atoms with van der Waals surface area (Å²) in [4.78, 5) is 15.2. The average molecular weight is 316 g/mol. The minimum atomic E-state index is -0.197. The van der Waals surface area contributed by atoms with Crippen molar-refractivity contribution in [2.75, 3.05) is 6.54 Å². The highest BCUT2D eigenvalue weighted by Gasteiger charge is 2.19. The summed E-state index contributed by atoms with van der Waals surface area (Å²) in [5.74, 6) is -0.197. The SMILES string of the molecule is CCN(Cc1cccs1)C(=O)c1cc(Cl)nnc1Cl. The summed E-state index contributed by atoms with van der Waals surface area (Å²) >= 11 is 13.3. The van der Waals surface area contributed by atoms with Gasteiger partial charge in [0, 0.05) is 11.4 Å². The van der Waals surface area contributed by atoms with Crippen molar-refractivity contribution in [2.45, 2.75) is 13.5 Å². The smallest absolute Gasteiger partial charge is 0.257 e. The zero-order chi connectivity index (χ0) is 13.8. The fourth-order valence-corrected chi connectivity index (χ4v) is 2.63. The maximum Gasteiger partial charge on any atom is 0.257 e. The summed E-state index contributed by atoms with van der Waals surface area (Å²) in [6.45, 7) is 3.03. The van der Waals surface area contributed by atoms with E-state index in [-0.39, 0.29) is 21.8 Å². The normalized spacial score (nSPS) is 10.5. The predicted octanol–water partition coefficient (Wildman–Crippen LogP) is 3.51. The third-order valence-electron chi connectivity index (χ3n) is 2.55. The van der Waals surface area contributed by atoms with E-state index in [2.05, 4.69) is 10.2 Å². The summed E-state index contributed by atoms with van der Waals surface area (Å²) < 4.78 is 0. The van der Waals surface area contributed by atoms with Crippen molar-refractivity contribution in [1.82, 2.24) is 15.1 Å². The second-order valence-electron chi connectivity index (χ2n) is 3.77. The molecule has 100 valence electrons. The molecule has 0 aliphatic carbocycles. The monoisotopic (exact) mass is 315 g/mol. The van der Waals surface area contributed by atoms with Crippen LogP contribution in [0.2, 0.25) is 10.3 Å². The second kappa shape index (κ2) is 6.32. The van der Waals surface area contributed by atoms with Gasteiger partial charge in [0.2, 0.25) is 0 Å². The van der Waals surface area contributed by atoms with Crippen LogP contribution in [0.25, 0.3) is 0 Å². The second-order valence-corrected chi connectivity index (χ2v) is 5.55. The first-order valence-corrected chi connectivity index (χ1v) is 7.25. The number of thiophene rings is 1. The number of carbonyl (C=O) groups is 1. The molecule has 0 unspecified atom stereocenters. The van der Waals surface area contributed by atoms with E-state index in [0.29, 0.717) is 13.1 Å². The summed E-state index contributed by atoms with van der Waals surface area (Å²) in [6.07, 6.45) is 0. The zero-order valence-electron chi connectivity index (χ0n) is 10.1. The van der Waals surface area contributed by atoms with Gasteiger partial charge in [0.15, 0.2) is 10.3 Å². The van der Waals surface area contributed by atoms with Gasteiger partial charge in [0.1, 0.15) is 0 Å². The van der Waals surface area contributed by atoms with Gasteiger partial charge in [-0.25, -0.2) is 0 Å². The summed E-state index contributed by atoms with van der Waals surface area (Å²) in [6, 6.07) is 5.38. The number of halogens is 2. The first-order chi connectivity index (χ1) is 9.11. The molecule has 0 saturated heterocycles.